The molecule has 0 amide bonds. The van der Waals surface area contributed by atoms with E-state index < -0.39 is 11.2 Å². The summed E-state index contributed by atoms with van der Waals surface area (Å²) in [7, 11) is 0. The Morgan fingerprint density at radius 3 is 1.29 bits per heavy atom. The Balaban J connectivity index is 1.38. The lowest BCUT2D eigenvalue weighted by molar-refractivity contribution is -0.390. The maximum Gasteiger partial charge on any atom is 0.281 e. The first-order chi connectivity index (χ1) is 14.9. The van der Waals surface area contributed by atoms with Crippen molar-refractivity contribution < 1.29 is 15.1 Å². The van der Waals surface area contributed by atoms with Gasteiger partial charge < -0.3 is 10.2 Å². The van der Waals surface area contributed by atoms with Crippen molar-refractivity contribution in [3.63, 3.8) is 0 Å². The first-order valence-corrected chi connectivity index (χ1v) is 12.6. The Hall–Kier alpha value is -1.46. The fraction of sp³-hybridized carbons (Fsp3) is 0.769. The highest BCUT2D eigenvalue weighted by atomic mass is 16.6. The topological polar surface area (TPSA) is 83.6 Å². The van der Waals surface area contributed by atoms with Crippen molar-refractivity contribution in [2.24, 2.45) is 47.3 Å². The number of hydrogen-bond donors (Lipinski definition) is 2. The molecule has 8 saturated carbocycles. The molecule has 0 aliphatic heterocycles. The first-order valence-electron chi connectivity index (χ1n) is 12.6. The number of benzene rings is 1. The number of nitro groups is 1. The van der Waals surface area contributed by atoms with Gasteiger partial charge in [0.25, 0.3) is 5.69 Å². The SMILES string of the molecule is O=[N+]([O-])c1c(C2(O)C3CC4CC(C3)CC2C4)cccc1C1(O)C2CC3CC(C2)CC1C3. The van der Waals surface area contributed by atoms with Gasteiger partial charge in [0.15, 0.2) is 0 Å². The van der Waals surface area contributed by atoms with Crippen LogP contribution in [0.2, 0.25) is 0 Å². The number of rotatable bonds is 3. The summed E-state index contributed by atoms with van der Waals surface area (Å²) in [6.45, 7) is 0. The molecule has 8 aliphatic rings. The highest BCUT2D eigenvalue weighted by molar-refractivity contribution is 5.55. The smallest absolute Gasteiger partial charge is 0.281 e. The second kappa shape index (κ2) is 6.11. The fourth-order valence-electron chi connectivity index (χ4n) is 10.1. The Kier molecular flexibility index (Phi) is 3.75. The quantitative estimate of drug-likeness (QED) is 0.536. The number of nitro benzene ring substituents is 1. The number of aliphatic hydroxyl groups is 2. The van der Waals surface area contributed by atoms with E-state index in [2.05, 4.69) is 0 Å². The van der Waals surface area contributed by atoms with E-state index in [0.29, 0.717) is 34.8 Å². The minimum absolute atomic E-state index is 0.0347. The van der Waals surface area contributed by atoms with Crippen LogP contribution in [0.15, 0.2) is 18.2 Å². The molecular formula is C26H33NO4. The lowest BCUT2D eigenvalue weighted by Crippen LogP contribution is -2.57. The molecule has 0 radical (unpaired) electrons. The molecule has 31 heavy (non-hydrogen) atoms. The molecule has 8 fully saturated rings. The van der Waals surface area contributed by atoms with Crippen LogP contribution in [0.5, 0.6) is 0 Å². The van der Waals surface area contributed by atoms with E-state index >= 15 is 0 Å². The minimum atomic E-state index is -1.12. The van der Waals surface area contributed by atoms with Gasteiger partial charge in [0.05, 0.1) is 16.1 Å². The van der Waals surface area contributed by atoms with Crippen molar-refractivity contribution >= 4 is 5.69 Å². The highest BCUT2D eigenvalue weighted by Gasteiger charge is 2.62. The van der Waals surface area contributed by atoms with Gasteiger partial charge in [-0.1, -0.05) is 6.07 Å². The maximum absolute atomic E-state index is 12.6. The average molecular weight is 424 g/mol. The van der Waals surface area contributed by atoms with Crippen LogP contribution < -0.4 is 0 Å². The molecule has 0 aromatic heterocycles. The van der Waals surface area contributed by atoms with Crippen LogP contribution in [-0.4, -0.2) is 15.1 Å². The third kappa shape index (κ3) is 2.35. The molecule has 9 rings (SSSR count). The highest BCUT2D eigenvalue weighted by Crippen LogP contribution is 2.66. The molecule has 0 unspecified atom stereocenters. The molecule has 0 spiro atoms. The van der Waals surface area contributed by atoms with Gasteiger partial charge in [0.1, 0.15) is 11.2 Å². The van der Waals surface area contributed by atoms with Gasteiger partial charge in [0, 0.05) is 0 Å². The summed E-state index contributed by atoms with van der Waals surface area (Å²) in [5.41, 5.74) is -1.19. The standard InChI is InChI=1S/C26H33NO4/c28-25(18-6-14-4-15(8-18)9-19(25)7-14)22-2-1-3-23(24(22)27(30)31)26(29)20-10-16-5-17(12-20)13-21(26)11-16/h1-3,14-21,28-29H,4-13H2. The first kappa shape index (κ1) is 19.0. The molecule has 0 saturated heterocycles. The minimum Gasteiger partial charge on any atom is -0.384 e. The summed E-state index contributed by atoms with van der Waals surface area (Å²) >= 11 is 0. The number of para-hydroxylation sites is 1. The molecule has 1 aromatic rings. The molecule has 1 aromatic carbocycles. The summed E-state index contributed by atoms with van der Waals surface area (Å²) in [6.07, 6.45) is 10.5. The molecule has 5 heteroatoms. The van der Waals surface area contributed by atoms with E-state index in [4.69, 9.17) is 0 Å². The summed E-state index contributed by atoms with van der Waals surface area (Å²) in [6, 6.07) is 5.50. The summed E-state index contributed by atoms with van der Waals surface area (Å²) < 4.78 is 0. The van der Waals surface area contributed by atoms with Crippen LogP contribution in [0.3, 0.4) is 0 Å². The molecule has 2 N–H and O–H groups in total. The van der Waals surface area contributed by atoms with Gasteiger partial charge in [-0.2, -0.15) is 0 Å². The van der Waals surface area contributed by atoms with Crippen molar-refractivity contribution in [3.05, 3.63) is 39.4 Å². The second-order valence-electron chi connectivity index (χ2n) is 12.2. The van der Waals surface area contributed by atoms with Crippen molar-refractivity contribution in [1.82, 2.24) is 0 Å². The van der Waals surface area contributed by atoms with Gasteiger partial charge in [-0.3, -0.25) is 10.1 Å². The third-order valence-corrected chi connectivity index (χ3v) is 10.8. The zero-order valence-electron chi connectivity index (χ0n) is 18.1. The van der Waals surface area contributed by atoms with Gasteiger partial charge in [0.2, 0.25) is 0 Å². The van der Waals surface area contributed by atoms with Crippen LogP contribution in [0.25, 0.3) is 0 Å². The van der Waals surface area contributed by atoms with Crippen LogP contribution in [0.1, 0.15) is 75.3 Å². The monoisotopic (exact) mass is 423 g/mol. The van der Waals surface area contributed by atoms with Crippen LogP contribution in [0, 0.1) is 57.5 Å². The Morgan fingerprint density at radius 1 is 0.677 bits per heavy atom. The molecule has 8 bridgehead atoms. The zero-order valence-corrected chi connectivity index (χ0v) is 18.1. The van der Waals surface area contributed by atoms with Crippen molar-refractivity contribution in [2.75, 3.05) is 0 Å². The van der Waals surface area contributed by atoms with E-state index in [0.717, 1.165) is 51.4 Å². The largest absolute Gasteiger partial charge is 0.384 e. The molecule has 8 aliphatic carbocycles. The van der Waals surface area contributed by atoms with E-state index in [1.54, 1.807) is 0 Å². The average Bonchev–Trinajstić information content (AvgIpc) is 2.74. The number of hydrogen-bond acceptors (Lipinski definition) is 4. The lowest BCUT2D eigenvalue weighted by Gasteiger charge is -2.60. The van der Waals surface area contributed by atoms with Gasteiger partial charge in [-0.15, -0.1) is 0 Å². The lowest BCUT2D eigenvalue weighted by atomic mass is 9.47. The summed E-state index contributed by atoms with van der Waals surface area (Å²) in [5, 5.41) is 36.9. The predicted molar refractivity (Wildman–Crippen MR) is 115 cm³/mol. The molecule has 166 valence electrons. The molecular weight excluding hydrogens is 390 g/mol. The van der Waals surface area contributed by atoms with Crippen molar-refractivity contribution in [1.29, 1.82) is 0 Å². The number of nitrogens with zero attached hydrogens (tertiary/aromatic N) is 1. The predicted octanol–water partition coefficient (Wildman–Crippen LogP) is 4.88. The van der Waals surface area contributed by atoms with Gasteiger partial charge >= 0.3 is 0 Å². The van der Waals surface area contributed by atoms with Crippen LogP contribution in [0.4, 0.5) is 5.69 Å². The van der Waals surface area contributed by atoms with Gasteiger partial charge in [-0.25, -0.2) is 0 Å². The normalized spacial score (nSPS) is 51.4. The van der Waals surface area contributed by atoms with Gasteiger partial charge in [-0.05, 0) is 124 Å². The van der Waals surface area contributed by atoms with Crippen molar-refractivity contribution in [2.45, 2.75) is 75.4 Å². The van der Waals surface area contributed by atoms with Crippen LogP contribution in [-0.2, 0) is 11.2 Å². The Bertz CT molecular complexity index is 832. The molecule has 5 nitrogen and oxygen atoms in total. The summed E-state index contributed by atoms with van der Waals surface area (Å²) in [4.78, 5) is 12.3. The third-order valence-electron chi connectivity index (χ3n) is 10.8. The summed E-state index contributed by atoms with van der Waals surface area (Å²) in [5.74, 6) is 3.18. The van der Waals surface area contributed by atoms with E-state index in [1.165, 1.54) is 12.8 Å². The maximum atomic E-state index is 12.6. The van der Waals surface area contributed by atoms with E-state index in [-0.39, 0.29) is 34.3 Å². The molecule has 0 atom stereocenters. The van der Waals surface area contributed by atoms with Crippen LogP contribution >= 0.6 is 0 Å². The Morgan fingerprint density at radius 2 is 1.00 bits per heavy atom. The van der Waals surface area contributed by atoms with E-state index in [1.807, 2.05) is 18.2 Å². The fourth-order valence-corrected chi connectivity index (χ4v) is 10.1. The second-order valence-corrected chi connectivity index (χ2v) is 12.2. The Labute approximate surface area is 183 Å². The zero-order chi connectivity index (χ0) is 21.1. The van der Waals surface area contributed by atoms with E-state index in [9.17, 15) is 20.3 Å². The molecule has 0 heterocycles. The van der Waals surface area contributed by atoms with Crippen molar-refractivity contribution in [3.8, 4) is 0 Å².